The first-order chi connectivity index (χ1) is 14.1. The van der Waals surface area contributed by atoms with Crippen LogP contribution in [0.2, 0.25) is 0 Å². The minimum absolute atomic E-state index is 0.0429. The Morgan fingerprint density at radius 2 is 2.03 bits per heavy atom. The second kappa shape index (κ2) is 8.56. The third kappa shape index (κ3) is 4.70. The van der Waals surface area contributed by atoms with Crippen molar-refractivity contribution in [3.05, 3.63) is 0 Å². The zero-order valence-electron chi connectivity index (χ0n) is 15.7. The van der Waals surface area contributed by atoms with Crippen LogP contribution in [0.5, 0.6) is 0 Å². The minimum Gasteiger partial charge on any atom is -0.322 e. The standard InChI is InChI=1S/C13H23N9O7S/c14-17-6-21(15)8-3-9(16-4-8)11(23)18-19-12(24)10-2-1-7-5-20(10)13(25)22(7)29-30(26,27)28/h6-10,16H,1-5,14-15H2,(H,18,23)(H,19,24)(H,26,27,28)/b17-6-/t7-,8-,9-,10-/m0/s1. The molecule has 0 aliphatic carbocycles. The number of hydrazine groups is 2. The SMILES string of the molecule is N/N=C\N(N)[C@@H]1CN[C@H](C(=O)NNC(=O)[C@@H]2CC[C@H]3CN2C(=O)N3OS(=O)(=O)O)C1. The Morgan fingerprint density at radius 3 is 2.70 bits per heavy atom. The van der Waals surface area contributed by atoms with E-state index in [0.717, 1.165) is 4.90 Å². The van der Waals surface area contributed by atoms with Crippen molar-refractivity contribution in [3.63, 3.8) is 0 Å². The Labute approximate surface area is 171 Å². The summed E-state index contributed by atoms with van der Waals surface area (Å²) in [5, 5.41) is 8.07. The summed E-state index contributed by atoms with van der Waals surface area (Å²) in [5.74, 6) is 9.62. The molecule has 3 aliphatic rings. The molecule has 2 bridgehead atoms. The molecule has 3 heterocycles. The van der Waals surface area contributed by atoms with Gasteiger partial charge in [0.25, 0.3) is 11.8 Å². The van der Waals surface area contributed by atoms with Gasteiger partial charge < -0.3 is 16.1 Å². The van der Waals surface area contributed by atoms with Crippen LogP contribution in [0.3, 0.4) is 0 Å². The van der Waals surface area contributed by atoms with Crippen molar-refractivity contribution in [2.75, 3.05) is 13.1 Å². The number of hydrogen-bond donors (Lipinski definition) is 6. The monoisotopic (exact) mass is 449 g/mol. The molecule has 0 unspecified atom stereocenters. The molecular formula is C13H23N9O7S. The van der Waals surface area contributed by atoms with Gasteiger partial charge >= 0.3 is 16.4 Å². The molecule has 17 heteroatoms. The van der Waals surface area contributed by atoms with E-state index in [1.165, 1.54) is 11.3 Å². The normalized spacial score (nSPS) is 28.8. The first-order valence-electron chi connectivity index (χ1n) is 8.97. The fourth-order valence-corrected chi connectivity index (χ4v) is 4.10. The maximum Gasteiger partial charge on any atom is 0.418 e. The van der Waals surface area contributed by atoms with Crippen LogP contribution in [-0.4, -0.2) is 89.4 Å². The summed E-state index contributed by atoms with van der Waals surface area (Å²) in [6, 6.07) is -3.25. The Bertz CT molecular complexity index is 837. The lowest BCUT2D eigenvalue weighted by molar-refractivity contribution is -0.132. The van der Waals surface area contributed by atoms with Crippen LogP contribution in [0.25, 0.3) is 0 Å². The molecule has 4 amide bonds. The average molecular weight is 449 g/mol. The number of carbonyl (C=O) groups excluding carboxylic acids is 3. The highest BCUT2D eigenvalue weighted by Gasteiger charge is 2.49. The van der Waals surface area contributed by atoms with E-state index < -0.39 is 46.4 Å². The second-order valence-corrected chi connectivity index (χ2v) is 8.06. The largest absolute Gasteiger partial charge is 0.418 e. The quantitative estimate of drug-likeness (QED) is 0.0752. The Morgan fingerprint density at radius 1 is 1.33 bits per heavy atom. The zero-order chi connectivity index (χ0) is 22.1. The number of nitrogens with one attached hydrogen (secondary N) is 3. The lowest BCUT2D eigenvalue weighted by atomic mass is 10.0. The van der Waals surface area contributed by atoms with Gasteiger partial charge in [0.2, 0.25) is 0 Å². The molecule has 3 aliphatic heterocycles. The smallest absolute Gasteiger partial charge is 0.322 e. The number of nitrogens with zero attached hydrogens (tertiary/aromatic N) is 4. The number of fused-ring (bicyclic) bond motifs is 2. The van der Waals surface area contributed by atoms with E-state index in [1.54, 1.807) is 0 Å². The van der Waals surface area contributed by atoms with Crippen molar-refractivity contribution < 1.29 is 31.6 Å². The summed E-state index contributed by atoms with van der Waals surface area (Å²) >= 11 is 0. The summed E-state index contributed by atoms with van der Waals surface area (Å²) in [6.07, 6.45) is 2.06. The molecule has 8 N–H and O–H groups in total. The number of urea groups is 1. The van der Waals surface area contributed by atoms with Gasteiger partial charge in [0, 0.05) is 13.1 Å². The molecule has 30 heavy (non-hydrogen) atoms. The van der Waals surface area contributed by atoms with Crippen LogP contribution in [-0.2, 0) is 24.3 Å². The highest BCUT2D eigenvalue weighted by molar-refractivity contribution is 7.80. The van der Waals surface area contributed by atoms with Gasteiger partial charge in [-0.05, 0) is 19.3 Å². The van der Waals surface area contributed by atoms with Crippen molar-refractivity contribution in [2.24, 2.45) is 16.8 Å². The third-order valence-corrected chi connectivity index (χ3v) is 5.50. The summed E-state index contributed by atoms with van der Waals surface area (Å²) in [5.41, 5.74) is 4.57. The third-order valence-electron chi connectivity index (χ3n) is 5.15. The van der Waals surface area contributed by atoms with Crippen molar-refractivity contribution >= 4 is 34.6 Å². The van der Waals surface area contributed by atoms with E-state index in [1.807, 2.05) is 0 Å². The van der Waals surface area contributed by atoms with Crippen LogP contribution >= 0.6 is 0 Å². The molecular weight excluding hydrogens is 426 g/mol. The summed E-state index contributed by atoms with van der Waals surface area (Å²) in [4.78, 5) is 38.2. The fraction of sp³-hybridized carbons (Fsp3) is 0.692. The molecule has 0 spiro atoms. The number of carbonyl (C=O) groups is 3. The summed E-state index contributed by atoms with van der Waals surface area (Å²) in [7, 11) is -4.88. The van der Waals surface area contributed by atoms with E-state index >= 15 is 0 Å². The Hall–Kier alpha value is -2.73. The van der Waals surface area contributed by atoms with Crippen molar-refractivity contribution in [2.45, 2.75) is 43.4 Å². The average Bonchev–Trinajstić information content (AvgIpc) is 3.26. The number of nitrogens with two attached hydrogens (primary N) is 2. The number of hydrogen-bond acceptors (Lipinski definition) is 10. The molecule has 0 radical (unpaired) electrons. The highest BCUT2D eigenvalue weighted by Crippen LogP contribution is 2.30. The maximum absolute atomic E-state index is 12.5. The number of hydroxylamine groups is 2. The highest BCUT2D eigenvalue weighted by atomic mass is 32.3. The maximum atomic E-state index is 12.5. The van der Waals surface area contributed by atoms with Crippen molar-refractivity contribution in [1.82, 2.24) is 31.1 Å². The van der Waals surface area contributed by atoms with Gasteiger partial charge in [-0.1, -0.05) is 0 Å². The summed E-state index contributed by atoms with van der Waals surface area (Å²) in [6.45, 7) is 0.450. The lowest BCUT2D eigenvalue weighted by Gasteiger charge is -2.29. The number of amides is 4. The predicted molar refractivity (Wildman–Crippen MR) is 98.6 cm³/mol. The molecule has 4 atom stereocenters. The van der Waals surface area contributed by atoms with Gasteiger partial charge in [-0.25, -0.2) is 10.6 Å². The van der Waals surface area contributed by atoms with Crippen LogP contribution < -0.4 is 27.9 Å². The molecule has 0 aromatic heterocycles. The van der Waals surface area contributed by atoms with E-state index in [2.05, 4.69) is 25.6 Å². The first kappa shape index (κ1) is 22.0. The fourth-order valence-electron chi connectivity index (χ4n) is 3.71. The zero-order valence-corrected chi connectivity index (χ0v) is 16.5. The van der Waals surface area contributed by atoms with Gasteiger partial charge in [-0.3, -0.25) is 30.0 Å². The van der Waals surface area contributed by atoms with Crippen molar-refractivity contribution in [3.8, 4) is 0 Å². The topological polar surface area (TPSA) is 225 Å². The molecule has 0 aromatic rings. The molecule has 16 nitrogen and oxygen atoms in total. The van der Waals surface area contributed by atoms with E-state index in [4.69, 9.17) is 16.2 Å². The number of rotatable bonds is 6. The lowest BCUT2D eigenvalue weighted by Crippen LogP contribution is -2.56. The Balaban J connectivity index is 1.51. The molecule has 3 fully saturated rings. The van der Waals surface area contributed by atoms with Gasteiger partial charge in [-0.2, -0.15) is 18.6 Å². The van der Waals surface area contributed by atoms with Crippen LogP contribution in [0.1, 0.15) is 19.3 Å². The molecule has 0 saturated carbocycles. The molecule has 0 aromatic carbocycles. The molecule has 3 rings (SSSR count). The van der Waals surface area contributed by atoms with Crippen LogP contribution in [0.4, 0.5) is 4.79 Å². The van der Waals surface area contributed by atoms with Gasteiger partial charge in [0.15, 0.2) is 0 Å². The minimum atomic E-state index is -4.88. The number of piperidine rings is 1. The molecule has 3 saturated heterocycles. The summed E-state index contributed by atoms with van der Waals surface area (Å²) < 4.78 is 34.9. The van der Waals surface area contributed by atoms with E-state index in [0.29, 0.717) is 18.0 Å². The van der Waals surface area contributed by atoms with Crippen LogP contribution in [0.15, 0.2) is 5.10 Å². The van der Waals surface area contributed by atoms with Crippen molar-refractivity contribution in [1.29, 1.82) is 0 Å². The molecule has 168 valence electrons. The van der Waals surface area contributed by atoms with Gasteiger partial charge in [0.05, 0.1) is 18.1 Å². The van der Waals surface area contributed by atoms with Gasteiger partial charge in [-0.15, -0.1) is 4.28 Å². The van der Waals surface area contributed by atoms with Crippen LogP contribution in [0, 0.1) is 0 Å². The predicted octanol–water partition coefficient (Wildman–Crippen LogP) is -4.05. The van der Waals surface area contributed by atoms with E-state index in [9.17, 15) is 22.8 Å². The Kier molecular flexibility index (Phi) is 6.27. The number of hydrazone groups is 1. The second-order valence-electron chi connectivity index (χ2n) is 7.05. The first-order valence-corrected chi connectivity index (χ1v) is 10.3. The van der Waals surface area contributed by atoms with E-state index in [-0.39, 0.29) is 25.4 Å². The van der Waals surface area contributed by atoms with Gasteiger partial charge in [0.1, 0.15) is 12.4 Å².